The molecule has 1 saturated heterocycles. The van der Waals surface area contributed by atoms with E-state index in [0.29, 0.717) is 18.8 Å². The van der Waals surface area contributed by atoms with Gasteiger partial charge in [0.1, 0.15) is 5.82 Å². The molecular weight excluding hydrogens is 295 g/mol. The van der Waals surface area contributed by atoms with Gasteiger partial charge in [-0.15, -0.1) is 0 Å². The van der Waals surface area contributed by atoms with Crippen molar-refractivity contribution in [3.8, 4) is 0 Å². The van der Waals surface area contributed by atoms with Crippen molar-refractivity contribution in [2.45, 2.75) is 17.7 Å². The average Bonchev–Trinajstić information content (AvgIpc) is 2.47. The first-order chi connectivity index (χ1) is 10.0. The number of anilines is 1. The zero-order valence-electron chi connectivity index (χ0n) is 11.8. The first-order valence-corrected chi connectivity index (χ1v) is 8.37. The summed E-state index contributed by atoms with van der Waals surface area (Å²) in [5, 5.41) is 11.7. The van der Waals surface area contributed by atoms with Crippen LogP contribution in [0.2, 0.25) is 0 Å². The predicted octanol–water partition coefficient (Wildman–Crippen LogP) is 1.80. The molecule has 0 bridgehead atoms. The molecule has 0 aromatic heterocycles. The summed E-state index contributed by atoms with van der Waals surface area (Å²) < 4.78 is 25.0. The van der Waals surface area contributed by atoms with Crippen LogP contribution in [-0.2, 0) is 10.8 Å². The third kappa shape index (κ3) is 4.01. The van der Waals surface area contributed by atoms with Gasteiger partial charge in [-0.05, 0) is 37.0 Å². The van der Waals surface area contributed by atoms with E-state index in [0.717, 1.165) is 12.8 Å². The lowest BCUT2D eigenvalue weighted by Gasteiger charge is -2.31. The molecule has 2 amide bonds. The first-order valence-electron chi connectivity index (χ1n) is 6.81. The van der Waals surface area contributed by atoms with E-state index in [1.165, 1.54) is 24.5 Å². The quantitative estimate of drug-likeness (QED) is 0.894. The highest BCUT2D eigenvalue weighted by atomic mass is 32.2. The zero-order chi connectivity index (χ0) is 15.4. The Hall–Kier alpha value is -1.47. The van der Waals surface area contributed by atoms with E-state index in [1.807, 2.05) is 0 Å². The van der Waals surface area contributed by atoms with Crippen LogP contribution in [-0.4, -0.2) is 46.2 Å². The largest absolute Gasteiger partial charge is 0.396 e. The van der Waals surface area contributed by atoms with Crippen LogP contribution in [0, 0.1) is 11.7 Å². The number of halogens is 1. The number of nitrogens with zero attached hydrogens (tertiary/aromatic N) is 1. The van der Waals surface area contributed by atoms with E-state index in [1.54, 1.807) is 4.90 Å². The highest BCUT2D eigenvalue weighted by Gasteiger charge is 2.22. The lowest BCUT2D eigenvalue weighted by molar-refractivity contribution is 0.143. The molecule has 1 atom stereocenters. The number of carbonyl (C=O) groups is 1. The van der Waals surface area contributed by atoms with Crippen molar-refractivity contribution in [1.29, 1.82) is 0 Å². The molecular formula is C14H19FN2O3S. The molecule has 1 aliphatic rings. The Morgan fingerprint density at radius 1 is 1.48 bits per heavy atom. The van der Waals surface area contributed by atoms with Crippen LogP contribution in [0.3, 0.4) is 0 Å². The number of carbonyl (C=O) groups excluding carboxylic acids is 1. The van der Waals surface area contributed by atoms with Gasteiger partial charge in [-0.2, -0.15) is 0 Å². The summed E-state index contributed by atoms with van der Waals surface area (Å²) in [6, 6.07) is 3.85. The SMILES string of the molecule is CS(=O)c1ccc(NC(=O)N2CCC(CO)CC2)cc1F. The summed E-state index contributed by atoms with van der Waals surface area (Å²) in [7, 11) is -1.39. The molecule has 1 unspecified atom stereocenters. The van der Waals surface area contributed by atoms with E-state index < -0.39 is 16.6 Å². The minimum Gasteiger partial charge on any atom is -0.396 e. The highest BCUT2D eigenvalue weighted by molar-refractivity contribution is 7.84. The Morgan fingerprint density at radius 2 is 2.14 bits per heavy atom. The van der Waals surface area contributed by atoms with Crippen molar-refractivity contribution in [2.24, 2.45) is 5.92 Å². The van der Waals surface area contributed by atoms with E-state index in [9.17, 15) is 13.4 Å². The van der Waals surface area contributed by atoms with Crippen LogP contribution in [0.5, 0.6) is 0 Å². The Morgan fingerprint density at radius 3 is 2.67 bits per heavy atom. The number of hydrogen-bond donors (Lipinski definition) is 2. The normalized spacial score (nSPS) is 17.6. The summed E-state index contributed by atoms with van der Waals surface area (Å²) in [6.45, 7) is 1.31. The van der Waals surface area contributed by atoms with Crippen molar-refractivity contribution in [2.75, 3.05) is 31.3 Å². The van der Waals surface area contributed by atoms with Crippen molar-refractivity contribution >= 4 is 22.5 Å². The Labute approximate surface area is 125 Å². The van der Waals surface area contributed by atoms with Gasteiger partial charge in [0.05, 0.1) is 15.7 Å². The molecule has 2 N–H and O–H groups in total. The van der Waals surface area contributed by atoms with Crippen molar-refractivity contribution in [3.05, 3.63) is 24.0 Å². The topological polar surface area (TPSA) is 69.6 Å². The van der Waals surface area contributed by atoms with E-state index in [4.69, 9.17) is 5.11 Å². The number of aliphatic hydroxyl groups excluding tert-OH is 1. The second-order valence-corrected chi connectivity index (χ2v) is 6.49. The Balaban J connectivity index is 1.97. The molecule has 1 heterocycles. The standard InChI is InChI=1S/C14H19FN2O3S/c1-21(20)13-3-2-11(8-12(13)15)16-14(19)17-6-4-10(9-18)5-7-17/h2-3,8,10,18H,4-7,9H2,1H3,(H,16,19). The molecule has 0 aliphatic carbocycles. The number of piperidine rings is 1. The maximum Gasteiger partial charge on any atom is 0.321 e. The van der Waals surface area contributed by atoms with Crippen molar-refractivity contribution in [3.63, 3.8) is 0 Å². The molecule has 0 saturated carbocycles. The summed E-state index contributed by atoms with van der Waals surface area (Å²) in [4.78, 5) is 13.8. The number of urea groups is 1. The molecule has 1 aliphatic heterocycles. The van der Waals surface area contributed by atoms with E-state index >= 15 is 0 Å². The number of likely N-dealkylation sites (tertiary alicyclic amines) is 1. The molecule has 2 rings (SSSR count). The third-order valence-corrected chi connectivity index (χ3v) is 4.60. The van der Waals surface area contributed by atoms with E-state index in [-0.39, 0.29) is 23.5 Å². The average molecular weight is 314 g/mol. The summed E-state index contributed by atoms with van der Waals surface area (Å²) in [5.74, 6) is -0.335. The summed E-state index contributed by atoms with van der Waals surface area (Å²) >= 11 is 0. The molecule has 7 heteroatoms. The Kier molecular flexibility index (Phi) is 5.30. The van der Waals surface area contributed by atoms with Gasteiger partial charge in [-0.1, -0.05) is 0 Å². The van der Waals surface area contributed by atoms with Crippen LogP contribution < -0.4 is 5.32 Å². The highest BCUT2D eigenvalue weighted by Crippen LogP contribution is 2.20. The zero-order valence-corrected chi connectivity index (χ0v) is 12.7. The smallest absolute Gasteiger partial charge is 0.321 e. The number of nitrogens with one attached hydrogen (secondary N) is 1. The van der Waals surface area contributed by atoms with Crippen LogP contribution in [0.15, 0.2) is 23.1 Å². The first kappa shape index (κ1) is 15.9. The fourth-order valence-electron chi connectivity index (χ4n) is 2.33. The van der Waals surface area contributed by atoms with Gasteiger partial charge in [0.25, 0.3) is 0 Å². The van der Waals surface area contributed by atoms with E-state index in [2.05, 4.69) is 5.32 Å². The van der Waals surface area contributed by atoms with Crippen LogP contribution in [0.4, 0.5) is 14.9 Å². The molecule has 21 heavy (non-hydrogen) atoms. The predicted molar refractivity (Wildman–Crippen MR) is 79.1 cm³/mol. The number of rotatable bonds is 3. The maximum atomic E-state index is 13.7. The molecule has 1 aromatic carbocycles. The second-order valence-electron chi connectivity index (χ2n) is 5.14. The van der Waals surface area contributed by atoms with Crippen LogP contribution >= 0.6 is 0 Å². The lowest BCUT2D eigenvalue weighted by Crippen LogP contribution is -2.41. The molecule has 5 nitrogen and oxygen atoms in total. The minimum atomic E-state index is -1.39. The molecule has 1 aromatic rings. The Bertz CT molecular complexity index is 545. The van der Waals surface area contributed by atoms with Crippen molar-refractivity contribution in [1.82, 2.24) is 4.90 Å². The van der Waals surface area contributed by atoms with Crippen LogP contribution in [0.1, 0.15) is 12.8 Å². The van der Waals surface area contributed by atoms with Gasteiger partial charge < -0.3 is 15.3 Å². The van der Waals surface area contributed by atoms with Gasteiger partial charge in [0, 0.05) is 31.6 Å². The number of aliphatic hydroxyl groups is 1. The van der Waals surface area contributed by atoms with Gasteiger partial charge in [-0.3, -0.25) is 4.21 Å². The number of benzene rings is 1. The molecule has 0 radical (unpaired) electrons. The minimum absolute atomic E-state index is 0.122. The monoisotopic (exact) mass is 314 g/mol. The van der Waals surface area contributed by atoms with Gasteiger partial charge in [-0.25, -0.2) is 9.18 Å². The number of hydrogen-bond acceptors (Lipinski definition) is 3. The number of amides is 2. The van der Waals surface area contributed by atoms with Gasteiger partial charge in [0.15, 0.2) is 0 Å². The summed E-state index contributed by atoms with van der Waals surface area (Å²) in [5.41, 5.74) is 0.344. The third-order valence-electron chi connectivity index (χ3n) is 3.65. The van der Waals surface area contributed by atoms with Crippen LogP contribution in [0.25, 0.3) is 0 Å². The fourth-order valence-corrected chi connectivity index (χ4v) is 2.93. The lowest BCUT2D eigenvalue weighted by atomic mass is 9.98. The molecule has 0 spiro atoms. The van der Waals surface area contributed by atoms with Crippen molar-refractivity contribution < 1.29 is 18.5 Å². The summed E-state index contributed by atoms with van der Waals surface area (Å²) in [6.07, 6.45) is 2.94. The van der Waals surface area contributed by atoms with Gasteiger partial charge >= 0.3 is 6.03 Å². The molecule has 116 valence electrons. The molecule has 1 fully saturated rings. The van der Waals surface area contributed by atoms with Gasteiger partial charge in [0.2, 0.25) is 0 Å². The maximum absolute atomic E-state index is 13.7. The second kappa shape index (κ2) is 7.00. The fraction of sp³-hybridized carbons (Fsp3) is 0.500.